The maximum Gasteiger partial charge on any atom is 0.0440 e. The molecule has 2 rings (SSSR count). The molecule has 1 aliphatic carbocycles. The van der Waals surface area contributed by atoms with Crippen molar-refractivity contribution in [3.63, 3.8) is 0 Å². The Labute approximate surface area is 91.3 Å². The van der Waals surface area contributed by atoms with E-state index < -0.39 is 0 Å². The van der Waals surface area contributed by atoms with Gasteiger partial charge in [0.2, 0.25) is 0 Å². The van der Waals surface area contributed by atoms with Crippen LogP contribution in [-0.4, -0.2) is 0 Å². The van der Waals surface area contributed by atoms with Crippen molar-refractivity contribution in [2.24, 2.45) is 0 Å². The second-order valence-electron chi connectivity index (χ2n) is 4.25. The van der Waals surface area contributed by atoms with Gasteiger partial charge in [-0.25, -0.2) is 0 Å². The van der Waals surface area contributed by atoms with Gasteiger partial charge in [-0.05, 0) is 48.3 Å². The van der Waals surface area contributed by atoms with E-state index in [1.54, 1.807) is 0 Å². The summed E-state index contributed by atoms with van der Waals surface area (Å²) in [4.78, 5) is 0. The van der Waals surface area contributed by atoms with Crippen LogP contribution < -0.4 is 0 Å². The Kier molecular flexibility index (Phi) is 2.57. The molecule has 1 aliphatic rings. The van der Waals surface area contributed by atoms with E-state index in [0.29, 0.717) is 5.41 Å². The Morgan fingerprint density at radius 3 is 2.64 bits per heavy atom. The molecule has 0 aliphatic heterocycles. The SMILES string of the molecule is CCC1(CC)CCc2c(Cl)cccc21. The third-order valence-corrected chi connectivity index (χ3v) is 4.25. The second-order valence-corrected chi connectivity index (χ2v) is 4.66. The third kappa shape index (κ3) is 1.28. The molecular weight excluding hydrogens is 192 g/mol. The third-order valence-electron chi connectivity index (χ3n) is 3.90. The zero-order valence-corrected chi connectivity index (χ0v) is 9.69. The van der Waals surface area contributed by atoms with Crippen molar-refractivity contribution in [1.82, 2.24) is 0 Å². The molecule has 0 spiro atoms. The van der Waals surface area contributed by atoms with E-state index in [9.17, 15) is 0 Å². The normalized spacial score (nSPS) is 18.2. The number of hydrogen-bond acceptors (Lipinski definition) is 0. The van der Waals surface area contributed by atoms with Gasteiger partial charge in [0.25, 0.3) is 0 Å². The number of fused-ring (bicyclic) bond motifs is 1. The Balaban J connectivity index is 2.53. The maximum atomic E-state index is 6.21. The van der Waals surface area contributed by atoms with Crippen LogP contribution in [0, 0.1) is 0 Å². The molecule has 0 bridgehead atoms. The minimum atomic E-state index is 0.417. The van der Waals surface area contributed by atoms with Gasteiger partial charge < -0.3 is 0 Å². The summed E-state index contributed by atoms with van der Waals surface area (Å²) in [6.45, 7) is 4.58. The van der Waals surface area contributed by atoms with Crippen molar-refractivity contribution in [2.45, 2.75) is 44.9 Å². The van der Waals surface area contributed by atoms with Crippen molar-refractivity contribution in [2.75, 3.05) is 0 Å². The quantitative estimate of drug-likeness (QED) is 0.678. The van der Waals surface area contributed by atoms with E-state index in [0.717, 1.165) is 11.4 Å². The van der Waals surface area contributed by atoms with Gasteiger partial charge in [0, 0.05) is 5.02 Å². The largest absolute Gasteiger partial charge is 0.0840 e. The monoisotopic (exact) mass is 208 g/mol. The molecule has 0 saturated heterocycles. The average Bonchev–Trinajstić information content (AvgIpc) is 2.59. The molecule has 1 aromatic carbocycles. The van der Waals surface area contributed by atoms with E-state index in [1.807, 2.05) is 6.07 Å². The van der Waals surface area contributed by atoms with Gasteiger partial charge in [-0.2, -0.15) is 0 Å². The summed E-state index contributed by atoms with van der Waals surface area (Å²) in [5.74, 6) is 0. The fourth-order valence-corrected chi connectivity index (χ4v) is 3.06. The van der Waals surface area contributed by atoms with Gasteiger partial charge in [-0.1, -0.05) is 37.6 Å². The van der Waals surface area contributed by atoms with Crippen molar-refractivity contribution in [3.8, 4) is 0 Å². The highest BCUT2D eigenvalue weighted by molar-refractivity contribution is 6.31. The topological polar surface area (TPSA) is 0 Å². The summed E-state index contributed by atoms with van der Waals surface area (Å²) in [6, 6.07) is 6.37. The Hall–Kier alpha value is -0.490. The van der Waals surface area contributed by atoms with Crippen molar-refractivity contribution in [3.05, 3.63) is 34.3 Å². The van der Waals surface area contributed by atoms with Gasteiger partial charge in [-0.15, -0.1) is 0 Å². The van der Waals surface area contributed by atoms with Gasteiger partial charge in [0.05, 0.1) is 0 Å². The van der Waals surface area contributed by atoms with Crippen molar-refractivity contribution in [1.29, 1.82) is 0 Å². The van der Waals surface area contributed by atoms with Crippen LogP contribution in [0.15, 0.2) is 18.2 Å². The van der Waals surface area contributed by atoms with E-state index in [4.69, 9.17) is 11.6 Å². The predicted octanol–water partition coefficient (Wildman–Crippen LogP) is 4.34. The molecular formula is C13H17Cl. The number of hydrogen-bond donors (Lipinski definition) is 0. The first-order valence-electron chi connectivity index (χ1n) is 5.51. The Morgan fingerprint density at radius 1 is 1.29 bits per heavy atom. The number of halogens is 1. The molecule has 1 heteroatoms. The van der Waals surface area contributed by atoms with E-state index in [1.165, 1.54) is 30.4 Å². The first-order valence-corrected chi connectivity index (χ1v) is 5.89. The minimum absolute atomic E-state index is 0.417. The van der Waals surface area contributed by atoms with Crippen LogP contribution in [0.4, 0.5) is 0 Å². The lowest BCUT2D eigenvalue weighted by Gasteiger charge is -2.27. The van der Waals surface area contributed by atoms with Gasteiger partial charge in [0.15, 0.2) is 0 Å². The molecule has 0 aromatic heterocycles. The molecule has 0 radical (unpaired) electrons. The van der Waals surface area contributed by atoms with Crippen LogP contribution >= 0.6 is 11.6 Å². The van der Waals surface area contributed by atoms with Crippen LogP contribution in [0.1, 0.15) is 44.2 Å². The van der Waals surface area contributed by atoms with Crippen LogP contribution in [0.2, 0.25) is 5.02 Å². The molecule has 0 N–H and O–H groups in total. The smallest absolute Gasteiger partial charge is 0.0440 e. The highest BCUT2D eigenvalue weighted by atomic mass is 35.5. The lowest BCUT2D eigenvalue weighted by molar-refractivity contribution is 0.394. The first-order chi connectivity index (χ1) is 6.73. The fraction of sp³-hybridized carbons (Fsp3) is 0.538. The van der Waals surface area contributed by atoms with Crippen molar-refractivity contribution >= 4 is 11.6 Å². The zero-order chi connectivity index (χ0) is 10.2. The molecule has 0 atom stereocenters. The van der Waals surface area contributed by atoms with E-state index in [-0.39, 0.29) is 0 Å². The Morgan fingerprint density at radius 2 is 2.00 bits per heavy atom. The van der Waals surface area contributed by atoms with Crippen LogP contribution in [0.3, 0.4) is 0 Å². The molecule has 1 aromatic rings. The minimum Gasteiger partial charge on any atom is -0.0840 e. The lowest BCUT2D eigenvalue weighted by Crippen LogP contribution is -2.20. The summed E-state index contributed by atoms with van der Waals surface area (Å²) >= 11 is 6.21. The average molecular weight is 209 g/mol. The first kappa shape index (κ1) is 10.0. The van der Waals surface area contributed by atoms with E-state index in [2.05, 4.69) is 26.0 Å². The summed E-state index contributed by atoms with van der Waals surface area (Å²) in [5.41, 5.74) is 3.33. The summed E-state index contributed by atoms with van der Waals surface area (Å²) in [6.07, 6.45) is 4.91. The fourth-order valence-electron chi connectivity index (χ4n) is 2.79. The second kappa shape index (κ2) is 3.58. The predicted molar refractivity (Wildman–Crippen MR) is 62.0 cm³/mol. The van der Waals surface area contributed by atoms with Crippen molar-refractivity contribution < 1.29 is 0 Å². The summed E-state index contributed by atoms with van der Waals surface area (Å²) < 4.78 is 0. The molecule has 76 valence electrons. The lowest BCUT2D eigenvalue weighted by atomic mass is 9.77. The molecule has 14 heavy (non-hydrogen) atoms. The molecule has 0 fully saturated rings. The molecule has 0 nitrogen and oxygen atoms in total. The molecule has 0 amide bonds. The highest BCUT2D eigenvalue weighted by Crippen LogP contribution is 2.45. The van der Waals surface area contributed by atoms with E-state index >= 15 is 0 Å². The van der Waals surface area contributed by atoms with Gasteiger partial charge in [-0.3, -0.25) is 0 Å². The van der Waals surface area contributed by atoms with Gasteiger partial charge in [0.1, 0.15) is 0 Å². The maximum absolute atomic E-state index is 6.21. The molecule has 0 saturated carbocycles. The summed E-state index contributed by atoms with van der Waals surface area (Å²) in [5, 5.41) is 0.964. The standard InChI is InChI=1S/C13H17Cl/c1-3-13(4-2)9-8-10-11(13)6-5-7-12(10)14/h5-7H,3-4,8-9H2,1-2H3. The number of rotatable bonds is 2. The van der Waals surface area contributed by atoms with Crippen LogP contribution in [0.25, 0.3) is 0 Å². The molecule has 0 heterocycles. The van der Waals surface area contributed by atoms with Crippen LogP contribution in [0.5, 0.6) is 0 Å². The Bertz CT molecular complexity index is 337. The zero-order valence-electron chi connectivity index (χ0n) is 8.94. The molecule has 0 unspecified atom stereocenters. The summed E-state index contributed by atoms with van der Waals surface area (Å²) in [7, 11) is 0. The highest BCUT2D eigenvalue weighted by Gasteiger charge is 2.36. The number of benzene rings is 1. The van der Waals surface area contributed by atoms with Gasteiger partial charge >= 0.3 is 0 Å². The van der Waals surface area contributed by atoms with Crippen LogP contribution in [-0.2, 0) is 11.8 Å².